The Morgan fingerprint density at radius 2 is 1.97 bits per heavy atom. The molecule has 0 unspecified atom stereocenters. The maximum atomic E-state index is 15.1. The number of carbonyl (C=O) groups is 1. The fourth-order valence-corrected chi connectivity index (χ4v) is 5.48. The molecule has 8 nitrogen and oxygen atoms in total. The van der Waals surface area contributed by atoms with Gasteiger partial charge in [-0.1, -0.05) is 0 Å². The maximum Gasteiger partial charge on any atom is 0.165 e. The second-order valence-corrected chi connectivity index (χ2v) is 10.7. The fourth-order valence-electron chi connectivity index (χ4n) is 5.48. The lowest BCUT2D eigenvalue weighted by molar-refractivity contribution is -0.111. The van der Waals surface area contributed by atoms with Crippen LogP contribution >= 0.6 is 0 Å². The summed E-state index contributed by atoms with van der Waals surface area (Å²) in [5.41, 5.74) is 7.88. The number of aromatic nitrogens is 2. The molecular formula is C28H37F2N5O3. The van der Waals surface area contributed by atoms with Crippen LogP contribution in [0.25, 0.3) is 17.0 Å². The SMILES string of the molecule is CNC[C@@H](O)COc1ccc(F)c(-c2nc(C(C(C)=O)=C(C)N)c(C)c(N3CC4(CCC(F)CC4)C3)n2)c1. The van der Waals surface area contributed by atoms with Crippen LogP contribution in [0.15, 0.2) is 23.9 Å². The van der Waals surface area contributed by atoms with E-state index >= 15 is 4.39 Å². The van der Waals surface area contributed by atoms with Gasteiger partial charge in [-0.15, -0.1) is 0 Å². The number of hydrogen-bond donors (Lipinski definition) is 3. The second-order valence-electron chi connectivity index (χ2n) is 10.7. The Balaban J connectivity index is 1.74. The predicted molar refractivity (Wildman–Crippen MR) is 143 cm³/mol. The van der Waals surface area contributed by atoms with Gasteiger partial charge in [-0.25, -0.2) is 18.7 Å². The third-order valence-corrected chi connectivity index (χ3v) is 7.49. The highest BCUT2D eigenvalue weighted by atomic mass is 19.1. The van der Waals surface area contributed by atoms with Crippen molar-refractivity contribution in [2.75, 3.05) is 38.2 Å². The Bertz CT molecular complexity index is 1220. The van der Waals surface area contributed by atoms with E-state index in [4.69, 9.17) is 15.5 Å². The highest BCUT2D eigenvalue weighted by Crippen LogP contribution is 2.47. The van der Waals surface area contributed by atoms with E-state index in [0.29, 0.717) is 61.0 Å². The molecule has 0 radical (unpaired) electrons. The zero-order valence-corrected chi connectivity index (χ0v) is 22.5. The number of allylic oxidation sites excluding steroid dienone is 2. The molecule has 1 spiro atoms. The standard InChI is InChI=1S/C28H37F2N5O3/c1-16-25(24(17(2)31)18(3)36)33-26(22-11-21(5-6-23(22)30)38-13-20(37)12-32-4)34-27(16)35-14-28(15-35)9-7-19(29)8-10-28/h5-6,11,19-20,32,37H,7-10,12-15,31H2,1-4H3/t20-/m1/s1. The van der Waals surface area contributed by atoms with Gasteiger partial charge in [0.05, 0.1) is 16.8 Å². The highest BCUT2D eigenvalue weighted by Gasteiger charge is 2.46. The van der Waals surface area contributed by atoms with Crippen LogP contribution in [0.2, 0.25) is 0 Å². The molecule has 1 aliphatic carbocycles. The molecule has 1 aromatic carbocycles. The molecule has 1 atom stereocenters. The lowest BCUT2D eigenvalue weighted by atomic mass is 9.68. The number of likely N-dealkylation sites (N-methyl/N-ethyl adjacent to an activating group) is 1. The largest absolute Gasteiger partial charge is 0.491 e. The van der Waals surface area contributed by atoms with Gasteiger partial charge >= 0.3 is 0 Å². The van der Waals surface area contributed by atoms with Gasteiger partial charge in [-0.2, -0.15) is 0 Å². The first-order valence-electron chi connectivity index (χ1n) is 13.0. The van der Waals surface area contributed by atoms with E-state index in [0.717, 1.165) is 12.8 Å². The molecule has 0 bridgehead atoms. The van der Waals surface area contributed by atoms with Crippen LogP contribution in [0.3, 0.4) is 0 Å². The van der Waals surface area contributed by atoms with Gasteiger partial charge in [0.25, 0.3) is 0 Å². The van der Waals surface area contributed by atoms with Crippen molar-refractivity contribution in [1.82, 2.24) is 15.3 Å². The lowest BCUT2D eigenvalue weighted by Gasteiger charge is -2.53. The van der Waals surface area contributed by atoms with Gasteiger partial charge < -0.3 is 25.8 Å². The summed E-state index contributed by atoms with van der Waals surface area (Å²) < 4.78 is 34.6. The number of alkyl halides is 1. The molecule has 2 aromatic rings. The van der Waals surface area contributed by atoms with Crippen LogP contribution in [-0.2, 0) is 4.79 Å². The zero-order valence-electron chi connectivity index (χ0n) is 22.5. The van der Waals surface area contributed by atoms with Crippen LogP contribution in [0.4, 0.5) is 14.6 Å². The molecule has 1 saturated carbocycles. The van der Waals surface area contributed by atoms with E-state index in [-0.39, 0.29) is 34.8 Å². The zero-order chi connectivity index (χ0) is 27.6. The summed E-state index contributed by atoms with van der Waals surface area (Å²) in [7, 11) is 1.72. The molecule has 4 N–H and O–H groups in total. The van der Waals surface area contributed by atoms with Crippen LogP contribution in [0.1, 0.15) is 50.8 Å². The summed E-state index contributed by atoms with van der Waals surface area (Å²) in [6, 6.07) is 4.24. The average molecular weight is 530 g/mol. The Morgan fingerprint density at radius 1 is 1.29 bits per heavy atom. The van der Waals surface area contributed by atoms with E-state index in [2.05, 4.69) is 15.2 Å². The van der Waals surface area contributed by atoms with E-state index in [1.165, 1.54) is 25.1 Å². The minimum Gasteiger partial charge on any atom is -0.491 e. The van der Waals surface area contributed by atoms with Gasteiger partial charge in [0.1, 0.15) is 36.3 Å². The molecular weight excluding hydrogens is 492 g/mol. The Kier molecular flexibility index (Phi) is 8.32. The molecule has 2 fully saturated rings. The first-order chi connectivity index (χ1) is 18.0. The van der Waals surface area contributed by atoms with Crippen molar-refractivity contribution in [1.29, 1.82) is 0 Å². The van der Waals surface area contributed by atoms with E-state index in [9.17, 15) is 14.3 Å². The summed E-state index contributed by atoms with van der Waals surface area (Å²) in [4.78, 5) is 24.1. The number of benzene rings is 1. The fraction of sp³-hybridized carbons (Fsp3) is 0.536. The number of ketones is 1. The van der Waals surface area contributed by atoms with Crippen molar-refractivity contribution in [3.8, 4) is 17.1 Å². The van der Waals surface area contributed by atoms with Crippen molar-refractivity contribution in [2.24, 2.45) is 11.1 Å². The van der Waals surface area contributed by atoms with Gasteiger partial charge in [0.2, 0.25) is 0 Å². The van der Waals surface area contributed by atoms with Crippen LogP contribution < -0.4 is 20.7 Å². The van der Waals surface area contributed by atoms with E-state index in [1.54, 1.807) is 14.0 Å². The number of anilines is 1. The average Bonchev–Trinajstić information content (AvgIpc) is 2.84. The number of aliphatic hydroxyl groups excluding tert-OH is 1. The van der Waals surface area contributed by atoms with Gasteiger partial charge in [0.15, 0.2) is 11.6 Å². The number of nitrogens with two attached hydrogens (primary N) is 1. The third kappa shape index (κ3) is 5.81. The predicted octanol–water partition coefficient (Wildman–Crippen LogP) is 3.55. The number of ether oxygens (including phenoxy) is 1. The quantitative estimate of drug-likeness (QED) is 0.423. The molecule has 2 aliphatic rings. The minimum absolute atomic E-state index is 0.0242. The van der Waals surface area contributed by atoms with E-state index < -0.39 is 18.1 Å². The monoisotopic (exact) mass is 529 g/mol. The molecule has 4 rings (SSSR count). The molecule has 10 heteroatoms. The molecule has 1 saturated heterocycles. The van der Waals surface area contributed by atoms with Crippen LogP contribution in [-0.4, -0.2) is 66.4 Å². The van der Waals surface area contributed by atoms with Crippen molar-refractivity contribution in [3.63, 3.8) is 0 Å². The molecule has 0 amide bonds. The van der Waals surface area contributed by atoms with Crippen molar-refractivity contribution >= 4 is 17.2 Å². The van der Waals surface area contributed by atoms with Gasteiger partial charge in [0, 0.05) is 36.3 Å². The molecule has 206 valence electrons. The molecule has 1 aliphatic heterocycles. The van der Waals surface area contributed by atoms with Crippen molar-refractivity contribution in [3.05, 3.63) is 41.0 Å². The number of hydrogen-bond acceptors (Lipinski definition) is 8. The maximum absolute atomic E-state index is 15.1. The third-order valence-electron chi connectivity index (χ3n) is 7.49. The number of carbonyl (C=O) groups excluding carboxylic acids is 1. The van der Waals surface area contributed by atoms with Gasteiger partial charge in [-0.05, 0) is 71.7 Å². The number of Topliss-reactive ketones (excluding diaryl/α,β-unsaturated/α-hetero) is 1. The van der Waals surface area contributed by atoms with Crippen LogP contribution in [0, 0.1) is 18.2 Å². The van der Waals surface area contributed by atoms with Gasteiger partial charge in [-0.3, -0.25) is 4.79 Å². The first-order valence-corrected chi connectivity index (χ1v) is 13.0. The first kappa shape index (κ1) is 27.9. The van der Waals surface area contributed by atoms with Crippen molar-refractivity contribution < 1.29 is 23.4 Å². The number of aliphatic hydroxyl groups is 1. The summed E-state index contributed by atoms with van der Waals surface area (Å²) in [6.07, 6.45) is 1.31. The lowest BCUT2D eigenvalue weighted by Crippen LogP contribution is -2.58. The molecule has 2 heterocycles. The Morgan fingerprint density at radius 3 is 2.58 bits per heavy atom. The smallest absolute Gasteiger partial charge is 0.165 e. The summed E-state index contributed by atoms with van der Waals surface area (Å²) in [6.45, 7) is 6.70. The minimum atomic E-state index is -0.735. The Hall–Kier alpha value is -3.11. The second kappa shape index (κ2) is 11.3. The number of nitrogens with one attached hydrogen (secondary N) is 1. The van der Waals surface area contributed by atoms with Crippen molar-refractivity contribution in [2.45, 2.75) is 58.7 Å². The summed E-state index contributed by atoms with van der Waals surface area (Å²) in [5, 5.41) is 12.8. The topological polar surface area (TPSA) is 114 Å². The summed E-state index contributed by atoms with van der Waals surface area (Å²) >= 11 is 0. The number of rotatable bonds is 9. The summed E-state index contributed by atoms with van der Waals surface area (Å²) in [5.74, 6) is 0.266. The number of halogens is 2. The molecule has 1 aromatic heterocycles. The highest BCUT2D eigenvalue weighted by molar-refractivity contribution is 6.20. The Labute approximate surface area is 222 Å². The number of nitrogens with zero attached hydrogens (tertiary/aromatic N) is 3. The molecule has 38 heavy (non-hydrogen) atoms. The van der Waals surface area contributed by atoms with E-state index in [1.807, 2.05) is 6.92 Å². The van der Waals surface area contributed by atoms with Crippen LogP contribution in [0.5, 0.6) is 5.75 Å². The normalized spacial score (nSPS) is 18.7.